The number of hydrogen-bond donors (Lipinski definition) is 1. The van der Waals surface area contributed by atoms with Gasteiger partial charge >= 0.3 is 5.97 Å². The van der Waals surface area contributed by atoms with Crippen LogP contribution in [0.5, 0.6) is 0 Å². The second-order valence-electron chi connectivity index (χ2n) is 8.71. The highest BCUT2D eigenvalue weighted by atomic mass is 16.4. The molecular weight excluding hydrogens is 356 g/mol. The van der Waals surface area contributed by atoms with Gasteiger partial charge in [0.25, 0.3) is 0 Å². The molecule has 0 spiro atoms. The molecule has 0 bridgehead atoms. The van der Waals surface area contributed by atoms with Crippen LogP contribution in [-0.2, 0) is 9.59 Å². The number of aliphatic carboxylic acids is 1. The van der Waals surface area contributed by atoms with E-state index >= 15 is 0 Å². The lowest BCUT2D eigenvalue weighted by molar-refractivity contribution is -0.149. The standard InChI is InChI=1S/C22H28N2O4/c25-19(17-7-2-1-3-8-17)9-10-20(26)24-13-18-12-23(11-16-5-4-6-16)14-22(18,15-24)21(27)28/h1-3,7-8,16,18H,4-6,9-15H2,(H,27,28)/t18-,22-/m1/s1. The van der Waals surface area contributed by atoms with Crippen LogP contribution in [0.2, 0.25) is 0 Å². The lowest BCUT2D eigenvalue weighted by Gasteiger charge is -2.31. The Kier molecular flexibility index (Phi) is 5.23. The molecule has 1 amide bonds. The van der Waals surface area contributed by atoms with E-state index in [1.54, 1.807) is 17.0 Å². The van der Waals surface area contributed by atoms with Crippen molar-refractivity contribution in [2.75, 3.05) is 32.7 Å². The molecule has 3 aliphatic rings. The highest BCUT2D eigenvalue weighted by Gasteiger charge is 2.58. The van der Waals surface area contributed by atoms with Crippen molar-refractivity contribution in [3.05, 3.63) is 35.9 Å². The van der Waals surface area contributed by atoms with Crippen LogP contribution >= 0.6 is 0 Å². The quantitative estimate of drug-likeness (QED) is 0.730. The monoisotopic (exact) mass is 384 g/mol. The predicted molar refractivity (Wildman–Crippen MR) is 104 cm³/mol. The number of rotatable bonds is 7. The second-order valence-corrected chi connectivity index (χ2v) is 8.71. The van der Waals surface area contributed by atoms with E-state index in [1.165, 1.54) is 19.3 Å². The lowest BCUT2D eigenvalue weighted by atomic mass is 9.81. The van der Waals surface area contributed by atoms with E-state index in [9.17, 15) is 19.5 Å². The molecule has 1 aromatic rings. The Labute approximate surface area is 165 Å². The van der Waals surface area contributed by atoms with Gasteiger partial charge < -0.3 is 14.9 Å². The van der Waals surface area contributed by atoms with Gasteiger partial charge in [0, 0.05) is 57.0 Å². The van der Waals surface area contributed by atoms with Gasteiger partial charge in [-0.15, -0.1) is 0 Å². The molecule has 6 heteroatoms. The van der Waals surface area contributed by atoms with E-state index in [2.05, 4.69) is 4.90 Å². The van der Waals surface area contributed by atoms with Crippen LogP contribution in [0.1, 0.15) is 42.5 Å². The van der Waals surface area contributed by atoms with Gasteiger partial charge in [0.05, 0.1) is 0 Å². The molecule has 150 valence electrons. The Morgan fingerprint density at radius 2 is 1.79 bits per heavy atom. The molecule has 0 unspecified atom stereocenters. The van der Waals surface area contributed by atoms with Gasteiger partial charge in [-0.1, -0.05) is 36.8 Å². The fourth-order valence-electron chi connectivity index (χ4n) is 4.99. The number of likely N-dealkylation sites (tertiary alicyclic amines) is 2. The molecule has 6 nitrogen and oxygen atoms in total. The Morgan fingerprint density at radius 1 is 1.04 bits per heavy atom. The van der Waals surface area contributed by atoms with E-state index in [4.69, 9.17) is 0 Å². The minimum Gasteiger partial charge on any atom is -0.481 e. The molecule has 2 heterocycles. The number of amides is 1. The first-order valence-electron chi connectivity index (χ1n) is 10.3. The van der Waals surface area contributed by atoms with Crippen LogP contribution in [0.25, 0.3) is 0 Å². The zero-order valence-corrected chi connectivity index (χ0v) is 16.2. The van der Waals surface area contributed by atoms with E-state index < -0.39 is 11.4 Å². The summed E-state index contributed by atoms with van der Waals surface area (Å²) in [5.41, 5.74) is -0.231. The van der Waals surface area contributed by atoms with Crippen molar-refractivity contribution in [1.82, 2.24) is 9.80 Å². The number of Topliss-reactive ketones (excluding diaryl/α,β-unsaturated/α-hetero) is 1. The molecule has 1 saturated carbocycles. The van der Waals surface area contributed by atoms with Crippen LogP contribution in [-0.4, -0.2) is 65.3 Å². The van der Waals surface area contributed by atoms with E-state index in [0.717, 1.165) is 13.1 Å². The van der Waals surface area contributed by atoms with Gasteiger partial charge in [-0.05, 0) is 18.8 Å². The summed E-state index contributed by atoms with van der Waals surface area (Å²) < 4.78 is 0. The summed E-state index contributed by atoms with van der Waals surface area (Å²) in [5.74, 6) is -0.243. The highest BCUT2D eigenvalue weighted by Crippen LogP contribution is 2.44. The first-order valence-corrected chi connectivity index (χ1v) is 10.3. The normalized spacial score (nSPS) is 27.4. The first-order chi connectivity index (χ1) is 13.5. The Morgan fingerprint density at radius 3 is 2.39 bits per heavy atom. The zero-order chi connectivity index (χ0) is 19.7. The van der Waals surface area contributed by atoms with Crippen LogP contribution in [0.4, 0.5) is 0 Å². The van der Waals surface area contributed by atoms with Gasteiger partial charge in [0.15, 0.2) is 5.78 Å². The van der Waals surface area contributed by atoms with Crippen LogP contribution in [0.15, 0.2) is 30.3 Å². The number of nitrogens with zero attached hydrogens (tertiary/aromatic N) is 2. The molecule has 1 aliphatic carbocycles. The van der Waals surface area contributed by atoms with Crippen molar-refractivity contribution in [2.24, 2.45) is 17.3 Å². The fraction of sp³-hybridized carbons (Fsp3) is 0.591. The minimum atomic E-state index is -0.844. The number of carbonyl (C=O) groups is 3. The number of carbonyl (C=O) groups excluding carboxylic acids is 2. The van der Waals surface area contributed by atoms with Gasteiger partial charge in [0.1, 0.15) is 5.41 Å². The van der Waals surface area contributed by atoms with Gasteiger partial charge in [0.2, 0.25) is 5.91 Å². The summed E-state index contributed by atoms with van der Waals surface area (Å²) >= 11 is 0. The molecule has 28 heavy (non-hydrogen) atoms. The van der Waals surface area contributed by atoms with Crippen molar-refractivity contribution in [3.63, 3.8) is 0 Å². The third-order valence-electron chi connectivity index (χ3n) is 6.86. The summed E-state index contributed by atoms with van der Waals surface area (Å²) in [4.78, 5) is 41.0. The molecule has 3 fully saturated rings. The first kappa shape index (κ1) is 19.1. The van der Waals surface area contributed by atoms with E-state index in [-0.39, 0.29) is 37.0 Å². The van der Waals surface area contributed by atoms with E-state index in [0.29, 0.717) is 24.6 Å². The van der Waals surface area contributed by atoms with Crippen LogP contribution in [0, 0.1) is 17.3 Å². The highest BCUT2D eigenvalue weighted by molar-refractivity contribution is 5.98. The lowest BCUT2D eigenvalue weighted by Crippen LogP contribution is -2.43. The Bertz CT molecular complexity index is 761. The summed E-state index contributed by atoms with van der Waals surface area (Å²) in [6.07, 6.45) is 4.10. The summed E-state index contributed by atoms with van der Waals surface area (Å²) in [5, 5.41) is 9.94. The van der Waals surface area contributed by atoms with Crippen molar-refractivity contribution in [3.8, 4) is 0 Å². The SMILES string of the molecule is O=C(CCC(=O)N1C[C@H]2CN(CC3CCC3)C[C@@]2(C(=O)O)C1)c1ccccc1. The second kappa shape index (κ2) is 7.66. The molecule has 4 rings (SSSR count). The molecule has 1 N–H and O–H groups in total. The summed E-state index contributed by atoms with van der Waals surface area (Å²) in [7, 11) is 0. The van der Waals surface area contributed by atoms with Crippen LogP contribution < -0.4 is 0 Å². The minimum absolute atomic E-state index is 0.0150. The number of benzene rings is 1. The summed E-state index contributed by atoms with van der Waals surface area (Å²) in [6, 6.07) is 8.97. The molecular formula is C22H28N2O4. The third kappa shape index (κ3) is 3.58. The Hall–Kier alpha value is -2.21. The number of carboxylic acid groups (broad SMARTS) is 1. The molecule has 0 radical (unpaired) electrons. The van der Waals surface area contributed by atoms with Crippen molar-refractivity contribution >= 4 is 17.7 Å². The summed E-state index contributed by atoms with van der Waals surface area (Å²) in [6.45, 7) is 3.05. The average Bonchev–Trinajstić information content (AvgIpc) is 3.18. The van der Waals surface area contributed by atoms with E-state index in [1.807, 2.05) is 18.2 Å². The maximum Gasteiger partial charge on any atom is 0.313 e. The van der Waals surface area contributed by atoms with Crippen molar-refractivity contribution < 1.29 is 19.5 Å². The molecule has 2 saturated heterocycles. The third-order valence-corrected chi connectivity index (χ3v) is 6.86. The van der Waals surface area contributed by atoms with Crippen molar-refractivity contribution in [1.29, 1.82) is 0 Å². The van der Waals surface area contributed by atoms with Crippen LogP contribution in [0.3, 0.4) is 0 Å². The smallest absolute Gasteiger partial charge is 0.313 e. The Balaban J connectivity index is 1.34. The fourth-order valence-corrected chi connectivity index (χ4v) is 4.99. The van der Waals surface area contributed by atoms with Gasteiger partial charge in [-0.3, -0.25) is 14.4 Å². The predicted octanol–water partition coefficient (Wildman–Crippen LogP) is 2.29. The molecule has 1 aromatic carbocycles. The average molecular weight is 384 g/mol. The largest absolute Gasteiger partial charge is 0.481 e. The number of ketones is 1. The van der Waals surface area contributed by atoms with Crippen molar-refractivity contribution in [2.45, 2.75) is 32.1 Å². The van der Waals surface area contributed by atoms with Gasteiger partial charge in [-0.2, -0.15) is 0 Å². The molecule has 2 aliphatic heterocycles. The number of hydrogen-bond acceptors (Lipinski definition) is 4. The maximum atomic E-state index is 12.7. The topological polar surface area (TPSA) is 77.9 Å². The number of fused-ring (bicyclic) bond motifs is 1. The van der Waals surface area contributed by atoms with Gasteiger partial charge in [-0.25, -0.2) is 0 Å². The maximum absolute atomic E-state index is 12.7. The zero-order valence-electron chi connectivity index (χ0n) is 16.2. The number of carboxylic acids is 1. The molecule has 2 atom stereocenters. The molecule has 0 aromatic heterocycles.